The van der Waals surface area contributed by atoms with Crippen molar-refractivity contribution in [3.63, 3.8) is 0 Å². The van der Waals surface area contributed by atoms with Gasteiger partial charge in [-0.2, -0.15) is 5.10 Å². The first-order chi connectivity index (χ1) is 8.81. The van der Waals surface area contributed by atoms with Crippen LogP contribution < -0.4 is 10.5 Å². The average molecular weight is 288 g/mol. The van der Waals surface area contributed by atoms with Gasteiger partial charge in [0.1, 0.15) is 4.90 Å². The first-order valence-corrected chi connectivity index (χ1v) is 7.76. The average Bonchev–Trinajstić information content (AvgIpc) is 2.73. The van der Waals surface area contributed by atoms with Gasteiger partial charge in [0.2, 0.25) is 10.0 Å². The van der Waals surface area contributed by atoms with Crippen LogP contribution in [0, 0.1) is 0 Å². The number of aryl methyl sites for hydroxylation is 1. The molecule has 1 amide bonds. The largest absolute Gasteiger partial charge is 0.348 e. The van der Waals surface area contributed by atoms with E-state index in [1.54, 1.807) is 0 Å². The van der Waals surface area contributed by atoms with Crippen LogP contribution in [0.15, 0.2) is 4.90 Å². The number of rotatable bonds is 6. The van der Waals surface area contributed by atoms with Crippen molar-refractivity contribution in [2.24, 2.45) is 5.14 Å². The van der Waals surface area contributed by atoms with Gasteiger partial charge >= 0.3 is 0 Å². The number of hydrogen-bond donors (Lipinski definition) is 3. The van der Waals surface area contributed by atoms with Crippen LogP contribution in [-0.4, -0.2) is 30.6 Å². The molecule has 1 unspecified atom stereocenters. The van der Waals surface area contributed by atoms with E-state index < -0.39 is 15.9 Å². The highest BCUT2D eigenvalue weighted by atomic mass is 32.2. The van der Waals surface area contributed by atoms with E-state index in [2.05, 4.69) is 15.5 Å². The molecule has 0 spiro atoms. The Balaban J connectivity index is 3.18. The van der Waals surface area contributed by atoms with Gasteiger partial charge in [0, 0.05) is 6.04 Å². The zero-order valence-electron chi connectivity index (χ0n) is 11.4. The minimum absolute atomic E-state index is 0.0628. The van der Waals surface area contributed by atoms with Crippen LogP contribution in [0.4, 0.5) is 0 Å². The van der Waals surface area contributed by atoms with Gasteiger partial charge in [0.05, 0.1) is 5.69 Å². The molecule has 1 aromatic rings. The molecule has 0 aliphatic heterocycles. The molecular weight excluding hydrogens is 268 g/mol. The number of aromatic nitrogens is 2. The van der Waals surface area contributed by atoms with E-state index in [0.717, 1.165) is 12.8 Å². The minimum Gasteiger partial charge on any atom is -0.348 e. The molecule has 7 nitrogen and oxygen atoms in total. The quantitative estimate of drug-likeness (QED) is 0.707. The van der Waals surface area contributed by atoms with Crippen molar-refractivity contribution < 1.29 is 13.2 Å². The lowest BCUT2D eigenvalue weighted by Gasteiger charge is -2.10. The summed E-state index contributed by atoms with van der Waals surface area (Å²) in [6.07, 6.45) is 1.93. The standard InChI is InChI=1S/C11H20N4O3S/c1-4-6-8-10(19(12,17)18)9(15-14-8)11(16)13-7(3)5-2/h7H,4-6H2,1-3H3,(H,13,16)(H,14,15)(H2,12,17,18). The molecule has 19 heavy (non-hydrogen) atoms. The Morgan fingerprint density at radius 2 is 2.11 bits per heavy atom. The fraction of sp³-hybridized carbons (Fsp3) is 0.636. The Kier molecular flexibility index (Phi) is 5.07. The van der Waals surface area contributed by atoms with Gasteiger partial charge in [-0.05, 0) is 19.8 Å². The summed E-state index contributed by atoms with van der Waals surface area (Å²) in [5, 5.41) is 14.2. The zero-order chi connectivity index (χ0) is 14.6. The molecule has 8 heteroatoms. The topological polar surface area (TPSA) is 118 Å². The molecule has 0 saturated carbocycles. The Morgan fingerprint density at radius 3 is 2.58 bits per heavy atom. The number of sulfonamides is 1. The predicted octanol–water partition coefficient (Wildman–Crippen LogP) is 0.538. The lowest BCUT2D eigenvalue weighted by atomic mass is 10.2. The molecule has 1 aromatic heterocycles. The van der Waals surface area contributed by atoms with Crippen LogP contribution in [0.5, 0.6) is 0 Å². The molecule has 0 aromatic carbocycles. The maximum Gasteiger partial charge on any atom is 0.273 e. The second-order valence-corrected chi connectivity index (χ2v) is 5.96. The van der Waals surface area contributed by atoms with Gasteiger partial charge < -0.3 is 5.32 Å². The van der Waals surface area contributed by atoms with Crippen molar-refractivity contribution in [1.29, 1.82) is 0 Å². The Labute approximate surface area is 113 Å². The molecule has 0 aliphatic carbocycles. The van der Waals surface area contributed by atoms with E-state index in [1.165, 1.54) is 0 Å². The van der Waals surface area contributed by atoms with E-state index in [-0.39, 0.29) is 16.6 Å². The van der Waals surface area contributed by atoms with Crippen molar-refractivity contribution in [1.82, 2.24) is 15.5 Å². The fourth-order valence-corrected chi connectivity index (χ4v) is 2.54. The number of carbonyl (C=O) groups excluding carboxylic acids is 1. The number of nitrogens with zero attached hydrogens (tertiary/aromatic N) is 1. The Morgan fingerprint density at radius 1 is 1.47 bits per heavy atom. The third kappa shape index (κ3) is 3.77. The highest BCUT2D eigenvalue weighted by Gasteiger charge is 2.27. The summed E-state index contributed by atoms with van der Waals surface area (Å²) in [5.41, 5.74) is 0.213. The highest BCUT2D eigenvalue weighted by molar-refractivity contribution is 7.89. The lowest BCUT2D eigenvalue weighted by Crippen LogP contribution is -2.33. The Hall–Kier alpha value is -1.41. The van der Waals surface area contributed by atoms with Crippen molar-refractivity contribution in [2.75, 3.05) is 0 Å². The third-order valence-electron chi connectivity index (χ3n) is 2.78. The van der Waals surface area contributed by atoms with Gasteiger partial charge in [-0.1, -0.05) is 20.3 Å². The summed E-state index contributed by atoms with van der Waals surface area (Å²) in [5.74, 6) is -0.531. The molecule has 4 N–H and O–H groups in total. The summed E-state index contributed by atoms with van der Waals surface area (Å²) < 4.78 is 23.2. The van der Waals surface area contributed by atoms with Gasteiger partial charge in [0.15, 0.2) is 5.69 Å². The number of nitrogens with one attached hydrogen (secondary N) is 2. The molecule has 1 rings (SSSR count). The molecule has 0 fully saturated rings. The zero-order valence-corrected chi connectivity index (χ0v) is 12.2. The van der Waals surface area contributed by atoms with E-state index in [9.17, 15) is 13.2 Å². The maximum absolute atomic E-state index is 12.0. The lowest BCUT2D eigenvalue weighted by molar-refractivity contribution is 0.0931. The summed E-state index contributed by atoms with van der Waals surface area (Å²) in [6, 6.07) is -0.0628. The molecular formula is C11H20N4O3S. The molecule has 1 heterocycles. The normalized spacial score (nSPS) is 13.3. The van der Waals surface area contributed by atoms with Gasteiger partial charge in [-0.3, -0.25) is 9.89 Å². The van der Waals surface area contributed by atoms with Crippen molar-refractivity contribution in [3.8, 4) is 0 Å². The minimum atomic E-state index is -3.99. The first-order valence-electron chi connectivity index (χ1n) is 6.22. The SMILES string of the molecule is CCCc1[nH]nc(C(=O)NC(C)CC)c1S(N)(=O)=O. The predicted molar refractivity (Wildman–Crippen MR) is 71.2 cm³/mol. The number of primary sulfonamides is 1. The van der Waals surface area contributed by atoms with Crippen molar-refractivity contribution in [2.45, 2.75) is 51.0 Å². The van der Waals surface area contributed by atoms with Crippen molar-refractivity contribution in [3.05, 3.63) is 11.4 Å². The monoisotopic (exact) mass is 288 g/mol. The molecule has 108 valence electrons. The van der Waals surface area contributed by atoms with E-state index in [4.69, 9.17) is 5.14 Å². The second kappa shape index (κ2) is 6.16. The number of hydrogen-bond acceptors (Lipinski definition) is 4. The fourth-order valence-electron chi connectivity index (χ4n) is 1.64. The summed E-state index contributed by atoms with van der Waals surface area (Å²) in [7, 11) is -3.99. The van der Waals surface area contributed by atoms with Gasteiger partial charge in [-0.15, -0.1) is 0 Å². The number of nitrogens with two attached hydrogens (primary N) is 1. The van der Waals surface area contributed by atoms with Crippen LogP contribution in [0.1, 0.15) is 49.8 Å². The molecule has 0 bridgehead atoms. The number of amides is 1. The maximum atomic E-state index is 12.0. The van der Waals surface area contributed by atoms with Crippen molar-refractivity contribution >= 4 is 15.9 Å². The number of H-pyrrole nitrogens is 1. The van der Waals surface area contributed by atoms with Crippen LogP contribution in [0.25, 0.3) is 0 Å². The van der Waals surface area contributed by atoms with Gasteiger partial charge in [0.25, 0.3) is 5.91 Å². The van der Waals surface area contributed by atoms with Gasteiger partial charge in [-0.25, -0.2) is 13.6 Å². The smallest absolute Gasteiger partial charge is 0.273 e. The number of carbonyl (C=O) groups is 1. The Bertz CT molecular complexity index is 550. The van der Waals surface area contributed by atoms with E-state index in [0.29, 0.717) is 12.1 Å². The first kappa shape index (κ1) is 15.6. The molecule has 1 atom stereocenters. The van der Waals surface area contributed by atoms with Crippen LogP contribution >= 0.6 is 0 Å². The van der Waals surface area contributed by atoms with E-state index in [1.807, 2.05) is 20.8 Å². The highest BCUT2D eigenvalue weighted by Crippen LogP contribution is 2.18. The summed E-state index contributed by atoms with van der Waals surface area (Å²) in [4.78, 5) is 11.8. The summed E-state index contributed by atoms with van der Waals surface area (Å²) in [6.45, 7) is 5.64. The van der Waals surface area contributed by atoms with Crippen LogP contribution in [-0.2, 0) is 16.4 Å². The molecule has 0 saturated heterocycles. The second-order valence-electron chi connectivity index (χ2n) is 4.46. The molecule has 0 aliphatic rings. The van der Waals surface area contributed by atoms with Crippen LogP contribution in [0.2, 0.25) is 0 Å². The van der Waals surface area contributed by atoms with Crippen LogP contribution in [0.3, 0.4) is 0 Å². The number of aromatic amines is 1. The molecule has 0 radical (unpaired) electrons. The van der Waals surface area contributed by atoms with E-state index >= 15 is 0 Å². The summed E-state index contributed by atoms with van der Waals surface area (Å²) >= 11 is 0. The third-order valence-corrected chi connectivity index (χ3v) is 3.79.